The van der Waals surface area contributed by atoms with Crippen LogP contribution in [0.2, 0.25) is 0 Å². The van der Waals surface area contributed by atoms with E-state index in [4.69, 9.17) is 9.47 Å². The Morgan fingerprint density at radius 1 is 0.667 bits per heavy atom. The van der Waals surface area contributed by atoms with Crippen molar-refractivity contribution in [3.05, 3.63) is 83.9 Å². The van der Waals surface area contributed by atoms with Crippen molar-refractivity contribution in [2.24, 2.45) is 0 Å². The van der Waals surface area contributed by atoms with E-state index >= 15 is 0 Å². The number of methoxy groups -OCH3 is 2. The largest absolute Gasteiger partial charge is 0.468 e. The average Bonchev–Trinajstić information content (AvgIpc) is 3.43. The highest BCUT2D eigenvalue weighted by atomic mass is 32.2. The molecule has 1 aliphatic heterocycles. The molecule has 4 rings (SSSR count). The van der Waals surface area contributed by atoms with Crippen LogP contribution in [-0.2, 0) is 58.3 Å². The summed E-state index contributed by atoms with van der Waals surface area (Å²) in [5.41, 5.74) is 0.0631. The summed E-state index contributed by atoms with van der Waals surface area (Å²) in [5.74, 6) is -4.57. The molecule has 0 aromatic heterocycles. The molecule has 0 unspecified atom stereocenters. The second-order valence-corrected chi connectivity index (χ2v) is 16.0. The monoisotopic (exact) mass is 825 g/mol. The molecule has 57 heavy (non-hydrogen) atoms. The maximum Gasteiger partial charge on any atom is 0.325 e. The van der Waals surface area contributed by atoms with Gasteiger partial charge in [-0.1, -0.05) is 51.0 Å². The van der Waals surface area contributed by atoms with Crippen LogP contribution in [0.15, 0.2) is 88.2 Å². The molecule has 19 heteroatoms. The second-order valence-electron chi connectivity index (χ2n) is 12.7. The van der Waals surface area contributed by atoms with Crippen LogP contribution in [-0.4, -0.2) is 79.7 Å². The van der Waals surface area contributed by atoms with Crippen molar-refractivity contribution in [1.29, 1.82) is 0 Å². The van der Waals surface area contributed by atoms with Crippen molar-refractivity contribution >= 4 is 78.8 Å². The van der Waals surface area contributed by atoms with Crippen LogP contribution in [0.5, 0.6) is 0 Å². The first-order chi connectivity index (χ1) is 27.0. The molecule has 17 nitrogen and oxygen atoms in total. The van der Waals surface area contributed by atoms with E-state index in [-0.39, 0.29) is 37.3 Å². The first kappa shape index (κ1) is 43.6. The van der Waals surface area contributed by atoms with Crippen molar-refractivity contribution in [2.75, 3.05) is 42.2 Å². The minimum Gasteiger partial charge on any atom is -0.468 e. The number of hydrazine groups is 1. The molecule has 0 atom stereocenters. The van der Waals surface area contributed by atoms with Crippen LogP contribution in [0.25, 0.3) is 6.08 Å². The van der Waals surface area contributed by atoms with Gasteiger partial charge in [0.1, 0.15) is 18.7 Å². The average molecular weight is 826 g/mol. The minimum atomic E-state index is -4.43. The number of hydrogen-bond donors (Lipinski definition) is 2. The van der Waals surface area contributed by atoms with E-state index < -0.39 is 71.0 Å². The first-order valence-electron chi connectivity index (χ1n) is 17.8. The van der Waals surface area contributed by atoms with E-state index in [0.717, 1.165) is 22.2 Å². The van der Waals surface area contributed by atoms with Crippen LogP contribution >= 0.6 is 0 Å². The summed E-state index contributed by atoms with van der Waals surface area (Å²) in [4.78, 5) is 77.9. The number of ether oxygens (including phenoxy) is 2. The lowest BCUT2D eigenvalue weighted by Crippen LogP contribution is -2.41. The fraction of sp³-hybridized carbons (Fsp3) is 0.316. The lowest BCUT2D eigenvalue weighted by atomic mass is 10.1. The molecule has 0 spiro atoms. The SMILES string of the molecule is CCCCC(=O)NS(=O)(=O)c1cccc(N2C(=O)C(=Cc3ccc(N(CC(=O)OC)CC(=O)OC)cc3)C(=O)N2c2cccc(S(=O)(=O)NC(=O)CCCC)c2)c1. The maximum atomic E-state index is 14.3. The molecule has 1 aliphatic rings. The molecular weight excluding hydrogens is 783 g/mol. The van der Waals surface area contributed by atoms with Gasteiger partial charge in [-0.25, -0.2) is 36.3 Å². The maximum absolute atomic E-state index is 14.3. The topological polar surface area (TPSA) is 223 Å². The molecule has 3 aromatic rings. The Hall–Kier alpha value is -6.08. The molecular formula is C38H43N5O12S2. The van der Waals surface area contributed by atoms with Gasteiger partial charge in [0.2, 0.25) is 11.8 Å². The third-order valence-electron chi connectivity index (χ3n) is 8.47. The van der Waals surface area contributed by atoms with Crippen molar-refractivity contribution < 1.29 is 55.1 Å². The van der Waals surface area contributed by atoms with E-state index in [9.17, 15) is 45.6 Å². The number of esters is 2. The normalized spacial score (nSPS) is 12.9. The van der Waals surface area contributed by atoms with Gasteiger partial charge in [0.15, 0.2) is 0 Å². The molecule has 2 N–H and O–H groups in total. The summed E-state index contributed by atoms with van der Waals surface area (Å²) in [6, 6.07) is 15.9. The molecule has 0 aliphatic carbocycles. The molecule has 3 aromatic carbocycles. The number of amides is 4. The summed E-state index contributed by atoms with van der Waals surface area (Å²) < 4.78 is 66.4. The van der Waals surface area contributed by atoms with Crippen molar-refractivity contribution in [3.63, 3.8) is 0 Å². The second kappa shape index (κ2) is 19.2. The summed E-state index contributed by atoms with van der Waals surface area (Å²) in [7, 11) is -6.47. The van der Waals surface area contributed by atoms with Crippen molar-refractivity contribution in [1.82, 2.24) is 9.44 Å². The van der Waals surface area contributed by atoms with Gasteiger partial charge in [-0.15, -0.1) is 0 Å². The number of anilines is 3. The van der Waals surface area contributed by atoms with Gasteiger partial charge in [-0.2, -0.15) is 0 Å². The van der Waals surface area contributed by atoms with Gasteiger partial charge >= 0.3 is 11.9 Å². The number of hydrogen-bond acceptors (Lipinski definition) is 13. The van der Waals surface area contributed by atoms with E-state index in [0.29, 0.717) is 36.9 Å². The number of sulfonamides is 2. The molecule has 0 bridgehead atoms. The van der Waals surface area contributed by atoms with E-state index in [1.54, 1.807) is 0 Å². The predicted octanol–water partition coefficient (Wildman–Crippen LogP) is 3.21. The zero-order valence-electron chi connectivity index (χ0n) is 31.7. The molecule has 1 saturated heterocycles. The Balaban J connectivity index is 1.80. The number of carbonyl (C=O) groups is 6. The molecule has 1 heterocycles. The first-order valence-corrected chi connectivity index (χ1v) is 20.7. The predicted molar refractivity (Wildman–Crippen MR) is 208 cm³/mol. The van der Waals surface area contributed by atoms with Crippen molar-refractivity contribution in [2.45, 2.75) is 62.2 Å². The van der Waals surface area contributed by atoms with E-state index in [2.05, 4.69) is 0 Å². The fourth-order valence-corrected chi connectivity index (χ4v) is 7.58. The lowest BCUT2D eigenvalue weighted by Gasteiger charge is -2.28. The van der Waals surface area contributed by atoms with Gasteiger partial charge in [0.05, 0.1) is 35.4 Å². The van der Waals surface area contributed by atoms with Gasteiger partial charge in [0, 0.05) is 18.5 Å². The van der Waals surface area contributed by atoms with Crippen LogP contribution < -0.4 is 24.4 Å². The Morgan fingerprint density at radius 2 is 1.09 bits per heavy atom. The van der Waals surface area contributed by atoms with Gasteiger partial charge < -0.3 is 14.4 Å². The number of benzene rings is 3. The van der Waals surface area contributed by atoms with Crippen LogP contribution in [0, 0.1) is 0 Å². The zero-order chi connectivity index (χ0) is 41.9. The number of nitrogens with zero attached hydrogens (tertiary/aromatic N) is 3. The number of nitrogens with one attached hydrogen (secondary N) is 2. The summed E-state index contributed by atoms with van der Waals surface area (Å²) in [5, 5.41) is 1.72. The highest BCUT2D eigenvalue weighted by Gasteiger charge is 2.43. The van der Waals surface area contributed by atoms with Gasteiger partial charge in [0.25, 0.3) is 31.9 Å². The smallest absolute Gasteiger partial charge is 0.325 e. The molecule has 304 valence electrons. The summed E-state index contributed by atoms with van der Waals surface area (Å²) in [6.45, 7) is 3.10. The molecule has 1 fully saturated rings. The third kappa shape index (κ3) is 11.0. The quantitative estimate of drug-likeness (QED) is 0.107. The molecule has 0 radical (unpaired) electrons. The Bertz CT molecular complexity index is 2140. The Kier molecular flexibility index (Phi) is 14.7. The highest BCUT2D eigenvalue weighted by Crippen LogP contribution is 2.34. The van der Waals surface area contributed by atoms with E-state index in [1.165, 1.54) is 85.9 Å². The third-order valence-corrected chi connectivity index (χ3v) is 11.2. The van der Waals surface area contributed by atoms with Crippen molar-refractivity contribution in [3.8, 4) is 0 Å². The van der Waals surface area contributed by atoms with Gasteiger partial charge in [-0.3, -0.25) is 28.8 Å². The van der Waals surface area contributed by atoms with E-state index in [1.807, 2.05) is 23.3 Å². The summed E-state index contributed by atoms with van der Waals surface area (Å²) in [6.07, 6.45) is 3.40. The molecule has 0 saturated carbocycles. The lowest BCUT2D eigenvalue weighted by molar-refractivity contribution is -0.140. The van der Waals surface area contributed by atoms with Crippen LogP contribution in [0.4, 0.5) is 17.1 Å². The van der Waals surface area contributed by atoms with Crippen LogP contribution in [0.1, 0.15) is 57.9 Å². The van der Waals surface area contributed by atoms with Crippen LogP contribution in [0.3, 0.4) is 0 Å². The zero-order valence-corrected chi connectivity index (χ0v) is 33.4. The number of rotatable bonds is 18. The Labute approximate surface area is 330 Å². The number of unbranched alkanes of at least 4 members (excludes halogenated alkanes) is 2. The Morgan fingerprint density at radius 3 is 1.47 bits per heavy atom. The number of carbonyl (C=O) groups excluding carboxylic acids is 6. The highest BCUT2D eigenvalue weighted by molar-refractivity contribution is 7.90. The standard InChI is InChI=1S/C38H43N5O12S2/c1-5-7-15-33(44)39-56(50,51)30-13-9-11-28(22-30)42-37(48)32(21-26-17-19-27(20-18-26)41(24-35(46)54-3)25-36(47)55-4)38(49)43(42)29-12-10-14-31(23-29)57(52,53)40-34(45)16-8-6-2/h9-14,17-23H,5-8,15-16,24-25H2,1-4H3,(H,39,44)(H,40,45). The summed E-state index contributed by atoms with van der Waals surface area (Å²) >= 11 is 0. The minimum absolute atomic E-state index is 0.0374. The van der Waals surface area contributed by atoms with Gasteiger partial charge in [-0.05, 0) is 73.0 Å². The molecule has 4 amide bonds. The fourth-order valence-electron chi connectivity index (χ4n) is 5.48.